The monoisotopic (exact) mass is 465 g/mol. The van der Waals surface area contributed by atoms with Gasteiger partial charge in [0.2, 0.25) is 11.8 Å². The van der Waals surface area contributed by atoms with Gasteiger partial charge in [0.25, 0.3) is 0 Å². The zero-order valence-corrected chi connectivity index (χ0v) is 20.7. The Morgan fingerprint density at radius 3 is 1.97 bits per heavy atom. The van der Waals surface area contributed by atoms with Crippen molar-refractivity contribution in [2.45, 2.75) is 51.4 Å². The lowest BCUT2D eigenvalue weighted by molar-refractivity contribution is -0.122. The summed E-state index contributed by atoms with van der Waals surface area (Å²) in [6.45, 7) is 9.22. The van der Waals surface area contributed by atoms with Crippen LogP contribution < -0.4 is 9.64 Å². The van der Waals surface area contributed by atoms with Crippen LogP contribution in [0, 0.1) is 11.8 Å². The van der Waals surface area contributed by atoms with Crippen LogP contribution in [0.5, 0.6) is 5.75 Å². The van der Waals surface area contributed by atoms with Crippen LogP contribution in [-0.2, 0) is 15.0 Å². The lowest BCUT2D eigenvalue weighted by Crippen LogP contribution is -2.41. The molecule has 1 aliphatic heterocycles. The van der Waals surface area contributed by atoms with Crippen LogP contribution in [0.2, 0.25) is 0 Å². The van der Waals surface area contributed by atoms with Gasteiger partial charge in [-0.15, -0.1) is 0 Å². The zero-order chi connectivity index (χ0) is 24.5. The van der Waals surface area contributed by atoms with E-state index in [1.807, 2.05) is 37.3 Å². The molecule has 4 aliphatic rings. The number of benzene rings is 3. The Bertz CT molecular complexity index is 1350. The summed E-state index contributed by atoms with van der Waals surface area (Å²) in [4.78, 5) is 29.6. The molecule has 0 N–H and O–H groups in total. The second-order valence-electron chi connectivity index (χ2n) is 11.1. The molecule has 4 atom stereocenters. The van der Waals surface area contributed by atoms with Crippen LogP contribution >= 0.6 is 0 Å². The number of ether oxygens (including phenoxy) is 1. The lowest BCUT2D eigenvalue weighted by atomic mass is 9.54. The Kier molecular flexibility index (Phi) is 4.93. The van der Waals surface area contributed by atoms with Crippen molar-refractivity contribution < 1.29 is 14.3 Å². The molecule has 4 heteroatoms. The highest BCUT2D eigenvalue weighted by Crippen LogP contribution is 2.62. The van der Waals surface area contributed by atoms with E-state index in [2.05, 4.69) is 57.2 Å². The van der Waals surface area contributed by atoms with Crippen molar-refractivity contribution in [3.63, 3.8) is 0 Å². The van der Waals surface area contributed by atoms with E-state index in [-0.39, 0.29) is 29.1 Å². The normalized spacial score (nSPS) is 24.3. The molecule has 0 spiro atoms. The van der Waals surface area contributed by atoms with Crippen molar-refractivity contribution in [2.75, 3.05) is 11.5 Å². The van der Waals surface area contributed by atoms with Gasteiger partial charge in [0.1, 0.15) is 5.75 Å². The van der Waals surface area contributed by atoms with Gasteiger partial charge >= 0.3 is 0 Å². The van der Waals surface area contributed by atoms with Gasteiger partial charge in [-0.2, -0.15) is 0 Å². The topological polar surface area (TPSA) is 46.6 Å². The van der Waals surface area contributed by atoms with Crippen molar-refractivity contribution in [1.82, 2.24) is 0 Å². The summed E-state index contributed by atoms with van der Waals surface area (Å²) in [5, 5.41) is 0. The smallest absolute Gasteiger partial charge is 0.238 e. The number of hydrogen-bond donors (Lipinski definition) is 0. The molecule has 0 radical (unpaired) electrons. The van der Waals surface area contributed by atoms with Crippen LogP contribution in [0.15, 0.2) is 66.7 Å². The fourth-order valence-corrected chi connectivity index (χ4v) is 6.41. The van der Waals surface area contributed by atoms with Crippen molar-refractivity contribution in [1.29, 1.82) is 0 Å². The highest BCUT2D eigenvalue weighted by molar-refractivity contribution is 6.24. The summed E-state index contributed by atoms with van der Waals surface area (Å²) in [6, 6.07) is 22.5. The second kappa shape index (κ2) is 7.81. The fourth-order valence-electron chi connectivity index (χ4n) is 6.41. The van der Waals surface area contributed by atoms with Gasteiger partial charge in [-0.25, -0.2) is 4.90 Å². The van der Waals surface area contributed by atoms with Gasteiger partial charge in [0, 0.05) is 11.8 Å². The molecule has 4 unspecified atom stereocenters. The Morgan fingerprint density at radius 1 is 0.771 bits per heavy atom. The third-order valence-electron chi connectivity index (χ3n) is 7.97. The lowest BCUT2D eigenvalue weighted by Gasteiger charge is -2.46. The van der Waals surface area contributed by atoms with E-state index in [9.17, 15) is 9.59 Å². The average molecular weight is 466 g/mol. The third kappa shape index (κ3) is 3.12. The van der Waals surface area contributed by atoms with Crippen LogP contribution in [0.4, 0.5) is 5.69 Å². The maximum absolute atomic E-state index is 14.1. The molecule has 3 aromatic rings. The van der Waals surface area contributed by atoms with E-state index in [0.717, 1.165) is 6.42 Å². The Balaban J connectivity index is 1.52. The molecule has 1 fully saturated rings. The molecule has 3 aliphatic carbocycles. The first-order valence-corrected chi connectivity index (χ1v) is 12.7. The summed E-state index contributed by atoms with van der Waals surface area (Å²) in [5.74, 6) is -0.656. The third-order valence-corrected chi connectivity index (χ3v) is 7.97. The summed E-state index contributed by atoms with van der Waals surface area (Å²) in [6.07, 6.45) is 0.854. The summed E-state index contributed by atoms with van der Waals surface area (Å²) in [7, 11) is 0. The molecule has 0 aromatic heterocycles. The first-order chi connectivity index (χ1) is 16.8. The molecule has 1 heterocycles. The predicted octanol–water partition coefficient (Wildman–Crippen LogP) is 6.17. The summed E-state index contributed by atoms with van der Waals surface area (Å²) in [5.41, 5.74) is 6.60. The van der Waals surface area contributed by atoms with Gasteiger partial charge in [-0.05, 0) is 51.8 Å². The molecule has 3 aromatic carbocycles. The van der Waals surface area contributed by atoms with E-state index < -0.39 is 11.8 Å². The fraction of sp³-hybridized carbons (Fsp3) is 0.355. The Labute approximate surface area is 206 Å². The van der Waals surface area contributed by atoms with E-state index in [4.69, 9.17) is 4.74 Å². The van der Waals surface area contributed by atoms with Gasteiger partial charge in [-0.3, -0.25) is 9.59 Å². The number of carbonyl (C=O) groups is 2. The quantitative estimate of drug-likeness (QED) is 0.433. The second-order valence-corrected chi connectivity index (χ2v) is 11.1. The van der Waals surface area contributed by atoms with E-state index in [1.165, 1.54) is 32.7 Å². The number of hydrogen-bond acceptors (Lipinski definition) is 3. The first-order valence-electron chi connectivity index (χ1n) is 12.7. The van der Waals surface area contributed by atoms with Gasteiger partial charge in [-0.1, -0.05) is 82.3 Å². The molecule has 7 rings (SSSR count). The van der Waals surface area contributed by atoms with Crippen molar-refractivity contribution in [3.05, 3.63) is 94.5 Å². The number of carbonyl (C=O) groups excluding carboxylic acids is 2. The zero-order valence-electron chi connectivity index (χ0n) is 20.7. The predicted molar refractivity (Wildman–Crippen MR) is 137 cm³/mol. The van der Waals surface area contributed by atoms with Gasteiger partial charge in [0.15, 0.2) is 0 Å². The Morgan fingerprint density at radius 2 is 1.34 bits per heavy atom. The van der Waals surface area contributed by atoms with E-state index in [0.29, 0.717) is 18.0 Å². The highest BCUT2D eigenvalue weighted by atomic mass is 16.5. The summed E-state index contributed by atoms with van der Waals surface area (Å²) >= 11 is 0. The molecular weight excluding hydrogens is 434 g/mol. The number of amides is 2. The van der Waals surface area contributed by atoms with Crippen LogP contribution in [0.25, 0.3) is 0 Å². The Hall–Kier alpha value is -3.40. The maximum Gasteiger partial charge on any atom is 0.238 e. The number of anilines is 1. The molecule has 2 amide bonds. The summed E-state index contributed by atoms with van der Waals surface area (Å²) < 4.78 is 5.95. The minimum Gasteiger partial charge on any atom is -0.491 e. The number of para-hydroxylation sites is 2. The van der Waals surface area contributed by atoms with Crippen molar-refractivity contribution in [3.8, 4) is 5.75 Å². The standard InChI is InChI=1S/C31H31NO3/c1-5-16-35-24-13-9-8-12-23(24)32-29(33)27-25-19-10-6-7-11-20(19)26(28(27)30(32)34)22-17-18(31(2,3)4)14-15-21(22)25/h6-15,17,25-28H,5,16H2,1-4H3. The molecule has 2 bridgehead atoms. The van der Waals surface area contributed by atoms with E-state index >= 15 is 0 Å². The molecule has 4 nitrogen and oxygen atoms in total. The number of imide groups is 1. The SMILES string of the molecule is CCCOc1ccccc1N1C(=O)C2C3c4ccccc4C(c4cc(C(C)(C)C)ccc43)C2C1=O. The first kappa shape index (κ1) is 22.1. The highest BCUT2D eigenvalue weighted by Gasteiger charge is 2.62. The number of rotatable bonds is 4. The molecule has 35 heavy (non-hydrogen) atoms. The van der Waals surface area contributed by atoms with Gasteiger partial charge in [0.05, 0.1) is 24.1 Å². The van der Waals surface area contributed by atoms with Gasteiger partial charge < -0.3 is 4.74 Å². The van der Waals surface area contributed by atoms with Crippen molar-refractivity contribution >= 4 is 17.5 Å². The largest absolute Gasteiger partial charge is 0.491 e. The molecule has 1 saturated heterocycles. The molecular formula is C31H31NO3. The molecule has 0 saturated carbocycles. The van der Waals surface area contributed by atoms with Crippen LogP contribution in [-0.4, -0.2) is 18.4 Å². The average Bonchev–Trinajstić information content (AvgIpc) is 3.12. The van der Waals surface area contributed by atoms with Crippen LogP contribution in [0.1, 0.15) is 73.8 Å². The van der Waals surface area contributed by atoms with Crippen LogP contribution in [0.3, 0.4) is 0 Å². The minimum absolute atomic E-state index is 0.00172. The maximum atomic E-state index is 14.1. The minimum atomic E-state index is -0.399. The molecule has 178 valence electrons. The van der Waals surface area contributed by atoms with E-state index in [1.54, 1.807) is 0 Å². The number of nitrogens with zero attached hydrogens (tertiary/aromatic N) is 1. The van der Waals surface area contributed by atoms with Crippen molar-refractivity contribution in [2.24, 2.45) is 11.8 Å².